The van der Waals surface area contributed by atoms with Crippen LogP contribution in [0.2, 0.25) is 0 Å². The Bertz CT molecular complexity index is 365. The zero-order chi connectivity index (χ0) is 10.7. The van der Waals surface area contributed by atoms with Crippen molar-refractivity contribution in [2.24, 2.45) is 0 Å². The van der Waals surface area contributed by atoms with Crippen LogP contribution in [0.3, 0.4) is 0 Å². The number of carbonyl (C=O) groups is 1. The second kappa shape index (κ2) is 4.94. The number of hydrogen-bond donors (Lipinski definition) is 0. The Labute approximate surface area is 97.3 Å². The molecule has 0 aromatic heterocycles. The van der Waals surface area contributed by atoms with Crippen molar-refractivity contribution in [1.29, 1.82) is 0 Å². The molecule has 0 unspecified atom stereocenters. The van der Waals surface area contributed by atoms with Crippen molar-refractivity contribution < 1.29 is 10.9 Å². The second-order valence-electron chi connectivity index (χ2n) is 3.23. The molecular weight excluding hydrogens is 307 g/mol. The van der Waals surface area contributed by atoms with Gasteiger partial charge in [0.2, 0.25) is 0 Å². The predicted molar refractivity (Wildman–Crippen MR) is 65.4 cm³/mol. The molecule has 0 bridgehead atoms. The maximum absolute atomic E-state index is 11.4. The summed E-state index contributed by atoms with van der Waals surface area (Å²) >= 11 is -2.10. The Kier molecular flexibility index (Phi) is 3.58. The molecule has 0 atom stereocenters. The summed E-state index contributed by atoms with van der Waals surface area (Å²) in [4.78, 5) is 11.4. The molecule has 0 saturated carbocycles. The molecule has 1 heterocycles. The van der Waals surface area contributed by atoms with Crippen LogP contribution < -0.4 is 0 Å². The van der Waals surface area contributed by atoms with Crippen molar-refractivity contribution in [3.05, 3.63) is 33.4 Å². The molecule has 0 amide bonds. The molecule has 0 spiro atoms. The first-order valence-corrected chi connectivity index (χ1v) is 7.82. The van der Waals surface area contributed by atoms with Gasteiger partial charge in [0.1, 0.15) is 0 Å². The number of rotatable bonds is 4. The van der Waals surface area contributed by atoms with Crippen molar-refractivity contribution >= 4 is 26.6 Å². The van der Waals surface area contributed by atoms with Gasteiger partial charge in [-0.2, -0.15) is 0 Å². The van der Waals surface area contributed by atoms with Gasteiger partial charge in [-0.25, -0.2) is 0 Å². The topological polar surface area (TPSA) is 35.5 Å². The summed E-state index contributed by atoms with van der Waals surface area (Å²) < 4.78 is 11.9. The average Bonchev–Trinajstić information content (AvgIpc) is 2.58. The second-order valence-corrected chi connectivity index (χ2v) is 6.69. The van der Waals surface area contributed by atoms with Gasteiger partial charge in [-0.1, -0.05) is 0 Å². The first-order valence-electron chi connectivity index (χ1n) is 4.98. The van der Waals surface area contributed by atoms with Crippen molar-refractivity contribution in [3.63, 3.8) is 0 Å². The number of fused-ring (bicyclic) bond motifs is 1. The first-order chi connectivity index (χ1) is 7.33. The van der Waals surface area contributed by atoms with E-state index in [2.05, 4.69) is 6.92 Å². The monoisotopic (exact) mass is 320 g/mol. The molecule has 1 aromatic carbocycles. The Hall–Kier alpha value is -0.620. The molecule has 0 N–H and O–H groups in total. The Morgan fingerprint density at radius 1 is 1.40 bits per heavy atom. The van der Waals surface area contributed by atoms with Crippen LogP contribution in [0.4, 0.5) is 0 Å². The molecule has 15 heavy (non-hydrogen) atoms. The van der Waals surface area contributed by atoms with Crippen molar-refractivity contribution in [1.82, 2.24) is 0 Å². The molecule has 0 aliphatic carbocycles. The average molecular weight is 320 g/mol. The summed E-state index contributed by atoms with van der Waals surface area (Å²) in [5.74, 6) is -0.215. The third kappa shape index (κ3) is 2.31. The van der Waals surface area contributed by atoms with Crippen LogP contribution in [0.15, 0.2) is 24.3 Å². The summed E-state index contributed by atoms with van der Waals surface area (Å²) in [5.41, 5.74) is 0.694. The van der Waals surface area contributed by atoms with E-state index in [9.17, 15) is 4.79 Å². The maximum atomic E-state index is 11.4. The number of hydrogen-bond acceptors (Lipinski definition) is 3. The van der Waals surface area contributed by atoms with Crippen molar-refractivity contribution in [2.45, 2.75) is 19.8 Å². The van der Waals surface area contributed by atoms with Gasteiger partial charge >= 0.3 is 97.3 Å². The van der Waals surface area contributed by atoms with E-state index in [4.69, 9.17) is 6.13 Å². The summed E-state index contributed by atoms with van der Waals surface area (Å²) in [5, 5.41) is 0. The third-order valence-corrected chi connectivity index (χ3v) is 5.77. The van der Waals surface area contributed by atoms with Crippen LogP contribution in [0.1, 0.15) is 30.1 Å². The number of carbonyl (C=O) groups excluding carboxylic acids is 1. The van der Waals surface area contributed by atoms with E-state index < -0.39 is 20.6 Å². The Morgan fingerprint density at radius 2 is 2.20 bits per heavy atom. The van der Waals surface area contributed by atoms with E-state index in [1.54, 1.807) is 6.07 Å². The molecular formula is C11H13IO3. The van der Waals surface area contributed by atoms with Gasteiger partial charge in [-0.3, -0.25) is 0 Å². The van der Waals surface area contributed by atoms with E-state index in [0.717, 1.165) is 16.4 Å². The number of halogens is 1. The number of benzene rings is 1. The van der Waals surface area contributed by atoms with Gasteiger partial charge in [0.25, 0.3) is 0 Å². The quantitative estimate of drug-likeness (QED) is 0.631. The summed E-state index contributed by atoms with van der Waals surface area (Å²) in [6.07, 6.45) is 2.12. The summed E-state index contributed by atoms with van der Waals surface area (Å²) in [7, 11) is 0. The zero-order valence-corrected chi connectivity index (χ0v) is 10.7. The third-order valence-electron chi connectivity index (χ3n) is 2.07. The van der Waals surface area contributed by atoms with Gasteiger partial charge in [0.15, 0.2) is 0 Å². The fraction of sp³-hybridized carbons (Fsp3) is 0.364. The van der Waals surface area contributed by atoms with Crippen LogP contribution in [-0.4, -0.2) is 12.6 Å². The fourth-order valence-electron chi connectivity index (χ4n) is 1.26. The standard InChI is InChI=1S/C11H13IO3/c1-2-3-8-14-12-10-7-5-4-6-9(10)11(13)15-12/h4-7H,2-3,8H2,1H3. The fourth-order valence-corrected chi connectivity index (χ4v) is 4.65. The molecule has 4 heteroatoms. The minimum atomic E-state index is -2.10. The van der Waals surface area contributed by atoms with E-state index in [-0.39, 0.29) is 5.97 Å². The van der Waals surface area contributed by atoms with Crippen LogP contribution in [0, 0.1) is 3.57 Å². The Morgan fingerprint density at radius 3 is 3.00 bits per heavy atom. The van der Waals surface area contributed by atoms with Crippen LogP contribution in [0.25, 0.3) is 0 Å². The Balaban J connectivity index is 2.08. The van der Waals surface area contributed by atoms with Gasteiger partial charge < -0.3 is 0 Å². The molecule has 0 radical (unpaired) electrons. The SMILES string of the molecule is CCCCOI1OC(=O)c2ccccc21. The van der Waals surface area contributed by atoms with Crippen LogP contribution in [0.5, 0.6) is 0 Å². The molecule has 0 saturated heterocycles. The van der Waals surface area contributed by atoms with Gasteiger partial charge in [0.05, 0.1) is 0 Å². The molecule has 1 aliphatic rings. The molecule has 3 nitrogen and oxygen atoms in total. The molecule has 2 rings (SSSR count). The summed E-state index contributed by atoms with van der Waals surface area (Å²) in [6.45, 7) is 2.81. The minimum absolute atomic E-state index is 0.215. The molecule has 1 aliphatic heterocycles. The number of unbranched alkanes of at least 4 members (excludes halogenated alkanes) is 1. The molecule has 1 aromatic rings. The van der Waals surface area contributed by atoms with E-state index >= 15 is 0 Å². The molecule has 82 valence electrons. The van der Waals surface area contributed by atoms with Crippen molar-refractivity contribution in [2.75, 3.05) is 6.61 Å². The summed E-state index contributed by atoms with van der Waals surface area (Å²) in [6, 6.07) is 7.52. The normalized spacial score (nSPS) is 16.3. The van der Waals surface area contributed by atoms with Gasteiger partial charge in [-0.05, 0) is 0 Å². The van der Waals surface area contributed by atoms with Crippen LogP contribution in [-0.2, 0) is 6.13 Å². The van der Waals surface area contributed by atoms with Crippen molar-refractivity contribution in [3.8, 4) is 0 Å². The predicted octanol–water partition coefficient (Wildman–Crippen LogP) is 3.18. The first kappa shape index (κ1) is 10.9. The van der Waals surface area contributed by atoms with E-state index in [0.29, 0.717) is 12.2 Å². The van der Waals surface area contributed by atoms with E-state index in [1.807, 2.05) is 18.2 Å². The molecule has 0 fully saturated rings. The zero-order valence-electron chi connectivity index (χ0n) is 8.53. The van der Waals surface area contributed by atoms with Crippen LogP contribution >= 0.6 is 20.6 Å². The van der Waals surface area contributed by atoms with E-state index in [1.165, 1.54) is 0 Å². The van der Waals surface area contributed by atoms with Gasteiger partial charge in [0, 0.05) is 0 Å². The van der Waals surface area contributed by atoms with Gasteiger partial charge in [-0.15, -0.1) is 0 Å².